The number of nitriles is 3. The van der Waals surface area contributed by atoms with E-state index in [-0.39, 0.29) is 66.9 Å². The van der Waals surface area contributed by atoms with Crippen molar-refractivity contribution in [1.82, 2.24) is 0 Å². The Hall–Kier alpha value is -7.24. The van der Waals surface area contributed by atoms with E-state index < -0.39 is 45.8 Å². The minimum absolute atomic E-state index is 0.0531. The summed E-state index contributed by atoms with van der Waals surface area (Å²) in [5.74, 6) is -4.31. The van der Waals surface area contributed by atoms with E-state index in [1.165, 1.54) is 36.4 Å². The SMILES string of the molecule is [C-]#[N+]/C(C#N)=C1C2=C(/C(=C(\C#N)[N+]#[C-])c3c2cccc3-c2c(F)cc([N+]#[C-])cc2F)c2cccc(-c3c(F)cc(C#N)cc3F)c2\1. The highest BCUT2D eigenvalue weighted by atomic mass is 19.1. The van der Waals surface area contributed by atoms with Crippen molar-refractivity contribution < 1.29 is 17.6 Å². The molecule has 0 heterocycles. The summed E-state index contributed by atoms with van der Waals surface area (Å²) in [6.07, 6.45) is 0. The quantitative estimate of drug-likeness (QED) is 0.130. The molecule has 0 aliphatic heterocycles. The molecule has 46 heavy (non-hydrogen) atoms. The summed E-state index contributed by atoms with van der Waals surface area (Å²) in [5, 5.41) is 29.3. The fourth-order valence-electron chi connectivity index (χ4n) is 6.04. The predicted octanol–water partition coefficient (Wildman–Crippen LogP) is 9.25. The van der Waals surface area contributed by atoms with E-state index in [0.717, 1.165) is 24.3 Å². The first-order valence-corrected chi connectivity index (χ1v) is 13.1. The normalized spacial score (nSPS) is 14.4. The zero-order valence-corrected chi connectivity index (χ0v) is 23.0. The third kappa shape index (κ3) is 3.97. The molecule has 0 aromatic heterocycles. The van der Waals surface area contributed by atoms with Gasteiger partial charge < -0.3 is 0 Å². The molecule has 0 saturated heterocycles. The van der Waals surface area contributed by atoms with Gasteiger partial charge in [-0.1, -0.05) is 36.4 Å². The Morgan fingerprint density at radius 3 is 1.30 bits per heavy atom. The highest BCUT2D eigenvalue weighted by molar-refractivity contribution is 6.39. The lowest BCUT2D eigenvalue weighted by Gasteiger charge is -2.19. The van der Waals surface area contributed by atoms with Crippen molar-refractivity contribution >= 4 is 28.0 Å². The molecule has 0 atom stereocenters. The molecule has 0 amide bonds. The zero-order valence-electron chi connectivity index (χ0n) is 23.0. The van der Waals surface area contributed by atoms with Gasteiger partial charge in [0.15, 0.2) is 5.69 Å². The monoisotopic (exact) mass is 602 g/mol. The van der Waals surface area contributed by atoms with Crippen molar-refractivity contribution in [3.63, 3.8) is 0 Å². The van der Waals surface area contributed by atoms with Crippen molar-refractivity contribution in [3.8, 4) is 40.5 Å². The van der Waals surface area contributed by atoms with E-state index >= 15 is 17.6 Å². The highest BCUT2D eigenvalue weighted by Gasteiger charge is 2.42. The van der Waals surface area contributed by atoms with Crippen LogP contribution >= 0.6 is 0 Å². The molecule has 0 radical (unpaired) electrons. The molecule has 2 aliphatic carbocycles. The van der Waals surface area contributed by atoms with Gasteiger partial charge in [-0.2, -0.15) is 5.26 Å². The van der Waals surface area contributed by atoms with E-state index in [2.05, 4.69) is 14.5 Å². The molecule has 0 N–H and O–H groups in total. The minimum atomic E-state index is -1.08. The van der Waals surface area contributed by atoms with Crippen LogP contribution in [0.15, 0.2) is 72.1 Å². The van der Waals surface area contributed by atoms with Gasteiger partial charge in [0.05, 0.1) is 54.6 Å². The molecule has 4 aromatic rings. The summed E-state index contributed by atoms with van der Waals surface area (Å²) >= 11 is 0. The van der Waals surface area contributed by atoms with Gasteiger partial charge in [-0.3, -0.25) is 0 Å². The van der Waals surface area contributed by atoms with Crippen LogP contribution in [0.5, 0.6) is 0 Å². The van der Waals surface area contributed by atoms with Crippen LogP contribution in [-0.4, -0.2) is 0 Å². The number of rotatable bonds is 2. The van der Waals surface area contributed by atoms with Crippen molar-refractivity contribution in [2.75, 3.05) is 0 Å². The first-order valence-electron chi connectivity index (χ1n) is 13.1. The highest BCUT2D eigenvalue weighted by Crippen LogP contribution is 2.62. The molecule has 0 saturated carbocycles. The molecule has 6 rings (SSSR count). The number of benzene rings is 4. The lowest BCUT2D eigenvalue weighted by atomic mass is 9.84. The number of hydrogen-bond donors (Lipinski definition) is 0. The summed E-state index contributed by atoms with van der Waals surface area (Å²) in [6, 6.07) is 17.4. The van der Waals surface area contributed by atoms with Gasteiger partial charge in [0, 0.05) is 11.1 Å². The zero-order chi connectivity index (χ0) is 32.9. The van der Waals surface area contributed by atoms with Crippen LogP contribution in [0.1, 0.15) is 27.8 Å². The van der Waals surface area contributed by atoms with Gasteiger partial charge in [0.1, 0.15) is 23.3 Å². The molecular formula is C36H10F4N6. The van der Waals surface area contributed by atoms with Gasteiger partial charge in [0.25, 0.3) is 11.4 Å². The van der Waals surface area contributed by atoms with Gasteiger partial charge in [-0.05, 0) is 68.8 Å². The van der Waals surface area contributed by atoms with Crippen LogP contribution in [-0.2, 0) is 0 Å². The molecule has 0 bridgehead atoms. The molecule has 4 aromatic carbocycles. The predicted molar refractivity (Wildman–Crippen MR) is 160 cm³/mol. The number of hydrogen-bond acceptors (Lipinski definition) is 3. The van der Waals surface area contributed by atoms with Gasteiger partial charge >= 0.3 is 0 Å². The molecule has 212 valence electrons. The fourth-order valence-corrected chi connectivity index (χ4v) is 6.04. The summed E-state index contributed by atoms with van der Waals surface area (Å²) in [5.41, 5.74) is -1.95. The maximum Gasteiger partial charge on any atom is 0.270 e. The summed E-state index contributed by atoms with van der Waals surface area (Å²) in [4.78, 5) is 9.84. The fraction of sp³-hybridized carbons (Fsp3) is 0. The Balaban J connectivity index is 1.78. The Bertz CT molecular complexity index is 2230. The van der Waals surface area contributed by atoms with E-state index in [1.807, 2.05) is 12.1 Å². The summed E-state index contributed by atoms with van der Waals surface area (Å²) < 4.78 is 61.7. The van der Waals surface area contributed by atoms with Crippen LogP contribution in [0.2, 0.25) is 0 Å². The second-order valence-corrected chi connectivity index (χ2v) is 9.92. The van der Waals surface area contributed by atoms with Crippen LogP contribution in [0.4, 0.5) is 23.2 Å². The third-order valence-corrected chi connectivity index (χ3v) is 7.69. The summed E-state index contributed by atoms with van der Waals surface area (Å²) in [7, 11) is 0. The first-order chi connectivity index (χ1) is 22.2. The Morgan fingerprint density at radius 2 is 0.957 bits per heavy atom. The van der Waals surface area contributed by atoms with E-state index in [0.29, 0.717) is 0 Å². The molecule has 0 unspecified atom stereocenters. The average Bonchev–Trinajstić information content (AvgIpc) is 3.56. The second kappa shape index (κ2) is 10.8. The van der Waals surface area contributed by atoms with E-state index in [1.54, 1.807) is 6.07 Å². The maximum atomic E-state index is 15.4. The lowest BCUT2D eigenvalue weighted by Crippen LogP contribution is -2.02. The van der Waals surface area contributed by atoms with Crippen LogP contribution in [0.25, 0.3) is 59.1 Å². The molecule has 0 spiro atoms. The minimum Gasteiger partial charge on any atom is -0.238 e. The number of allylic oxidation sites excluding steroid dienone is 6. The molecule has 6 nitrogen and oxygen atoms in total. The Morgan fingerprint density at radius 1 is 0.565 bits per heavy atom. The third-order valence-electron chi connectivity index (χ3n) is 7.69. The number of fused-ring (bicyclic) bond motifs is 4. The molecule has 2 aliphatic rings. The Kier molecular flexibility index (Phi) is 6.77. The van der Waals surface area contributed by atoms with Crippen molar-refractivity contribution in [1.29, 1.82) is 15.8 Å². The lowest BCUT2D eigenvalue weighted by molar-refractivity contribution is 0.588. The topological polar surface area (TPSA) is 84.4 Å². The van der Waals surface area contributed by atoms with Gasteiger partial charge in [-0.15, -0.1) is 0 Å². The number of halogens is 4. The molecule has 0 fully saturated rings. The van der Waals surface area contributed by atoms with Crippen molar-refractivity contribution in [3.05, 3.63) is 157 Å². The first kappa shape index (κ1) is 28.9. The number of nitrogens with zero attached hydrogens (tertiary/aromatic N) is 6. The van der Waals surface area contributed by atoms with Crippen LogP contribution < -0.4 is 0 Å². The molecular weight excluding hydrogens is 592 g/mol. The average molecular weight is 603 g/mol. The standard InChI is InChI=1S/C36H10F4N6/c1-44-18-12-25(39)32(26(40)13-18)20-7-5-9-22-30(20)36(28(16-43)46-3)33-21-8-4-6-19(29(21)35(34(22)33)27(15-42)45-2)31-23(37)10-17(14-41)11-24(31)38/h4-13H/b35-27-,36-28+. The smallest absolute Gasteiger partial charge is 0.238 e. The van der Waals surface area contributed by atoms with Crippen LogP contribution in [0, 0.1) is 77.0 Å². The van der Waals surface area contributed by atoms with Crippen LogP contribution in [0.3, 0.4) is 0 Å². The largest absolute Gasteiger partial charge is 0.270 e. The van der Waals surface area contributed by atoms with Gasteiger partial charge in [0.2, 0.25) is 0 Å². The van der Waals surface area contributed by atoms with E-state index in [9.17, 15) is 15.8 Å². The van der Waals surface area contributed by atoms with Gasteiger partial charge in [-0.25, -0.2) is 42.6 Å². The summed E-state index contributed by atoms with van der Waals surface area (Å²) in [6.45, 7) is 22.7. The Labute approximate surface area is 259 Å². The van der Waals surface area contributed by atoms with Crippen molar-refractivity contribution in [2.24, 2.45) is 0 Å². The van der Waals surface area contributed by atoms with E-state index in [4.69, 9.17) is 19.7 Å². The molecule has 10 heteroatoms. The van der Waals surface area contributed by atoms with Crippen molar-refractivity contribution in [2.45, 2.75) is 0 Å². The maximum absolute atomic E-state index is 15.4. The second-order valence-electron chi connectivity index (χ2n) is 9.92.